The molecule has 3 rings (SSSR count). The number of hydrogen-bond donors (Lipinski definition) is 1. The molecule has 1 saturated carbocycles. The highest BCUT2D eigenvalue weighted by Gasteiger charge is 2.61. The maximum atomic E-state index is 13.1. The number of aromatic nitrogens is 2. The van der Waals surface area contributed by atoms with Crippen molar-refractivity contribution in [3.05, 3.63) is 40.6 Å². The summed E-state index contributed by atoms with van der Waals surface area (Å²) in [5.41, 5.74) is 0.516. The van der Waals surface area contributed by atoms with Gasteiger partial charge in [-0.25, -0.2) is 18.3 Å². The Hall–Kier alpha value is -2.29. The van der Waals surface area contributed by atoms with E-state index in [9.17, 15) is 18.4 Å². The first-order chi connectivity index (χ1) is 11.8. The van der Waals surface area contributed by atoms with Crippen molar-refractivity contribution in [3.8, 4) is 5.69 Å². The van der Waals surface area contributed by atoms with Crippen LogP contribution in [-0.2, 0) is 9.53 Å². The number of nitrogens with one attached hydrogen (secondary N) is 1. The van der Waals surface area contributed by atoms with Crippen LogP contribution in [0.4, 0.5) is 14.5 Å². The lowest BCUT2D eigenvalue weighted by molar-refractivity contribution is -0.119. The van der Waals surface area contributed by atoms with Crippen molar-refractivity contribution in [2.75, 3.05) is 11.9 Å². The van der Waals surface area contributed by atoms with Crippen LogP contribution in [0.5, 0.6) is 0 Å². The summed E-state index contributed by atoms with van der Waals surface area (Å²) in [6.45, 7) is 1.75. The maximum Gasteiger partial charge on any atom is 0.361 e. The summed E-state index contributed by atoms with van der Waals surface area (Å²) in [7, 11) is 0. The molecule has 6 nitrogen and oxygen atoms in total. The van der Waals surface area contributed by atoms with Gasteiger partial charge in [0.25, 0.3) is 5.92 Å². The van der Waals surface area contributed by atoms with E-state index in [1.165, 1.54) is 10.9 Å². The zero-order chi connectivity index (χ0) is 18.2. The van der Waals surface area contributed by atoms with Gasteiger partial charge in [0, 0.05) is 10.9 Å². The largest absolute Gasteiger partial charge is 0.461 e. The van der Waals surface area contributed by atoms with Crippen molar-refractivity contribution in [1.82, 2.24) is 9.78 Å². The van der Waals surface area contributed by atoms with Crippen LogP contribution >= 0.6 is 15.9 Å². The van der Waals surface area contributed by atoms with Gasteiger partial charge in [-0.15, -0.1) is 0 Å². The quantitative estimate of drug-likeness (QED) is 0.762. The minimum Gasteiger partial charge on any atom is -0.461 e. The van der Waals surface area contributed by atoms with Crippen LogP contribution in [0.2, 0.25) is 0 Å². The first-order valence-corrected chi connectivity index (χ1v) is 8.32. The fraction of sp³-hybridized carbons (Fsp3) is 0.312. The zero-order valence-electron chi connectivity index (χ0n) is 13.1. The highest BCUT2D eigenvalue weighted by atomic mass is 79.9. The topological polar surface area (TPSA) is 73.2 Å². The number of benzene rings is 1. The molecule has 1 atom stereocenters. The summed E-state index contributed by atoms with van der Waals surface area (Å²) < 4.78 is 33.2. The molecule has 1 heterocycles. The summed E-state index contributed by atoms with van der Waals surface area (Å²) in [6.07, 6.45) is 0.903. The first kappa shape index (κ1) is 17.5. The number of alkyl halides is 2. The van der Waals surface area contributed by atoms with E-state index in [0.29, 0.717) is 5.69 Å². The number of halogens is 3. The van der Waals surface area contributed by atoms with Crippen LogP contribution in [0.15, 0.2) is 34.9 Å². The molecule has 9 heteroatoms. The van der Waals surface area contributed by atoms with E-state index in [0.717, 1.165) is 4.47 Å². The molecule has 1 aliphatic rings. The van der Waals surface area contributed by atoms with Gasteiger partial charge in [0.05, 0.1) is 24.2 Å². The molecule has 0 saturated heterocycles. The van der Waals surface area contributed by atoms with Gasteiger partial charge in [0.1, 0.15) is 5.92 Å². The van der Waals surface area contributed by atoms with Crippen LogP contribution in [-0.4, -0.2) is 34.2 Å². The van der Waals surface area contributed by atoms with Gasteiger partial charge in [0.15, 0.2) is 5.69 Å². The van der Waals surface area contributed by atoms with E-state index in [-0.39, 0.29) is 18.0 Å². The number of nitrogens with zero attached hydrogens (tertiary/aromatic N) is 2. The van der Waals surface area contributed by atoms with Crippen LogP contribution in [0.1, 0.15) is 23.8 Å². The molecule has 1 fully saturated rings. The average molecular weight is 414 g/mol. The third-order valence-electron chi connectivity index (χ3n) is 3.66. The van der Waals surface area contributed by atoms with Crippen molar-refractivity contribution in [2.45, 2.75) is 19.3 Å². The molecule has 1 amide bonds. The molecule has 0 bridgehead atoms. The van der Waals surface area contributed by atoms with E-state index in [2.05, 4.69) is 26.3 Å². The van der Waals surface area contributed by atoms with E-state index >= 15 is 0 Å². The number of carbonyl (C=O) groups excluding carboxylic acids is 2. The molecule has 1 aliphatic carbocycles. The Morgan fingerprint density at radius 1 is 1.48 bits per heavy atom. The molecule has 1 aromatic carbocycles. The van der Waals surface area contributed by atoms with Gasteiger partial charge in [-0.1, -0.05) is 22.0 Å². The predicted octanol–water partition coefficient (Wildman–Crippen LogP) is 3.41. The number of ether oxygens (including phenoxy) is 1. The molecule has 25 heavy (non-hydrogen) atoms. The number of rotatable bonds is 5. The fourth-order valence-electron chi connectivity index (χ4n) is 2.28. The molecule has 0 aliphatic heterocycles. The molecule has 0 spiro atoms. The number of anilines is 1. The standard InChI is InChI=1S/C16H14BrF2N3O3/c1-2-25-15(24)13-12(20-14(23)11-7-16(11,18)19)8-22(21-13)10-5-3-4-9(17)6-10/h3-6,8,11H,2,7H2,1H3,(H,20,23). The lowest BCUT2D eigenvalue weighted by Crippen LogP contribution is -2.19. The Morgan fingerprint density at radius 3 is 2.80 bits per heavy atom. The number of hydrogen-bond acceptors (Lipinski definition) is 4. The van der Waals surface area contributed by atoms with Crippen molar-refractivity contribution in [3.63, 3.8) is 0 Å². The Bertz CT molecular complexity index is 838. The van der Waals surface area contributed by atoms with E-state index in [1.54, 1.807) is 25.1 Å². The molecule has 1 unspecified atom stereocenters. The highest BCUT2D eigenvalue weighted by Crippen LogP contribution is 2.49. The average Bonchev–Trinajstić information content (AvgIpc) is 3.00. The summed E-state index contributed by atoms with van der Waals surface area (Å²) in [6, 6.07) is 7.08. The second kappa shape index (κ2) is 6.55. The Kier molecular flexibility index (Phi) is 4.59. The van der Waals surface area contributed by atoms with Crippen LogP contribution in [0, 0.1) is 5.92 Å². The molecule has 132 valence electrons. The van der Waals surface area contributed by atoms with E-state index in [4.69, 9.17) is 4.74 Å². The lowest BCUT2D eigenvalue weighted by atomic mass is 10.3. The van der Waals surface area contributed by atoms with Crippen molar-refractivity contribution in [2.24, 2.45) is 5.92 Å². The SMILES string of the molecule is CCOC(=O)c1nn(-c2cccc(Br)c2)cc1NC(=O)C1CC1(F)F. The summed E-state index contributed by atoms with van der Waals surface area (Å²) >= 11 is 3.33. The van der Waals surface area contributed by atoms with Crippen LogP contribution < -0.4 is 5.32 Å². The van der Waals surface area contributed by atoms with Gasteiger partial charge >= 0.3 is 5.97 Å². The minimum absolute atomic E-state index is 0.0334. The second-order valence-electron chi connectivity index (χ2n) is 5.54. The maximum absolute atomic E-state index is 13.1. The van der Waals surface area contributed by atoms with Gasteiger partial charge in [-0.2, -0.15) is 5.10 Å². The Morgan fingerprint density at radius 2 is 2.20 bits per heavy atom. The Balaban J connectivity index is 1.92. The number of esters is 1. The second-order valence-corrected chi connectivity index (χ2v) is 6.46. The third kappa shape index (κ3) is 3.71. The molecular weight excluding hydrogens is 400 g/mol. The van der Waals surface area contributed by atoms with Crippen molar-refractivity contribution >= 4 is 33.5 Å². The smallest absolute Gasteiger partial charge is 0.361 e. The van der Waals surface area contributed by atoms with Crippen molar-refractivity contribution in [1.29, 1.82) is 0 Å². The third-order valence-corrected chi connectivity index (χ3v) is 4.15. The fourth-order valence-corrected chi connectivity index (χ4v) is 2.67. The Labute approximate surface area is 150 Å². The molecule has 2 aromatic rings. The van der Waals surface area contributed by atoms with Crippen LogP contribution in [0.3, 0.4) is 0 Å². The predicted molar refractivity (Wildman–Crippen MR) is 88.9 cm³/mol. The first-order valence-electron chi connectivity index (χ1n) is 7.53. The van der Waals surface area contributed by atoms with Crippen molar-refractivity contribution < 1.29 is 23.1 Å². The summed E-state index contributed by atoms with van der Waals surface area (Å²) in [5, 5.41) is 6.49. The lowest BCUT2D eigenvalue weighted by Gasteiger charge is -2.04. The van der Waals surface area contributed by atoms with Crippen LogP contribution in [0.25, 0.3) is 5.69 Å². The minimum atomic E-state index is -2.99. The molecular formula is C16H14BrF2N3O3. The zero-order valence-corrected chi connectivity index (χ0v) is 14.7. The number of carbonyl (C=O) groups is 2. The van der Waals surface area contributed by atoms with Gasteiger partial charge < -0.3 is 10.1 Å². The van der Waals surface area contributed by atoms with Gasteiger partial charge in [-0.05, 0) is 25.1 Å². The molecule has 1 aromatic heterocycles. The molecule has 1 N–H and O–H groups in total. The van der Waals surface area contributed by atoms with Gasteiger partial charge in [0.2, 0.25) is 5.91 Å². The summed E-state index contributed by atoms with van der Waals surface area (Å²) in [4.78, 5) is 24.0. The van der Waals surface area contributed by atoms with E-state index < -0.39 is 30.1 Å². The molecule has 0 radical (unpaired) electrons. The van der Waals surface area contributed by atoms with E-state index in [1.807, 2.05) is 6.07 Å². The van der Waals surface area contributed by atoms with Gasteiger partial charge in [-0.3, -0.25) is 4.79 Å². The summed E-state index contributed by atoms with van der Waals surface area (Å²) in [5.74, 6) is -5.95. The normalized spacial score (nSPS) is 17.8. The highest BCUT2D eigenvalue weighted by molar-refractivity contribution is 9.10. The monoisotopic (exact) mass is 413 g/mol. The number of amides is 1.